The van der Waals surface area contributed by atoms with E-state index in [1.165, 1.54) is 14.2 Å². The number of nitrogens with zero attached hydrogens (tertiary/aromatic N) is 1. The van der Waals surface area contributed by atoms with E-state index in [0.717, 1.165) is 30.5 Å². The molecule has 0 amide bonds. The topological polar surface area (TPSA) is 88.2 Å². The third kappa shape index (κ3) is 5.54. The standard InChI is InChI=1S/C20H28N2O4/c1-25-19-7-5-15(11-17(19)23)13-22(10-4-3-9-21)14-16-6-8-20(26-2)18(24)12-16/h5-8,11-12,23-24H,3-4,9-10,13-14,21H2,1-2H3. The van der Waals surface area contributed by atoms with Crippen LogP contribution in [0.5, 0.6) is 23.0 Å². The number of benzene rings is 2. The van der Waals surface area contributed by atoms with Gasteiger partial charge in [0.2, 0.25) is 0 Å². The van der Waals surface area contributed by atoms with Crippen LogP contribution in [0.1, 0.15) is 24.0 Å². The van der Waals surface area contributed by atoms with Crippen molar-refractivity contribution in [2.24, 2.45) is 5.73 Å². The second kappa shape index (κ2) is 9.89. The second-order valence-electron chi connectivity index (χ2n) is 6.22. The van der Waals surface area contributed by atoms with Crippen molar-refractivity contribution in [3.63, 3.8) is 0 Å². The minimum atomic E-state index is 0.133. The van der Waals surface area contributed by atoms with Crippen molar-refractivity contribution in [1.82, 2.24) is 4.90 Å². The summed E-state index contributed by atoms with van der Waals surface area (Å²) in [7, 11) is 3.06. The van der Waals surface area contributed by atoms with E-state index in [0.29, 0.717) is 31.1 Å². The van der Waals surface area contributed by atoms with Crippen LogP contribution in [-0.4, -0.2) is 42.4 Å². The van der Waals surface area contributed by atoms with Crippen molar-refractivity contribution < 1.29 is 19.7 Å². The Balaban J connectivity index is 2.12. The molecule has 0 aliphatic carbocycles. The maximum atomic E-state index is 10.00. The number of rotatable bonds is 10. The summed E-state index contributed by atoms with van der Waals surface area (Å²) < 4.78 is 10.2. The zero-order chi connectivity index (χ0) is 18.9. The molecule has 2 aromatic rings. The van der Waals surface area contributed by atoms with Crippen molar-refractivity contribution in [2.45, 2.75) is 25.9 Å². The molecule has 0 saturated heterocycles. The number of aromatic hydroxyl groups is 2. The summed E-state index contributed by atoms with van der Waals surface area (Å²) >= 11 is 0. The van der Waals surface area contributed by atoms with Gasteiger partial charge in [-0.2, -0.15) is 0 Å². The molecule has 0 radical (unpaired) electrons. The first-order chi connectivity index (χ1) is 12.6. The molecule has 0 fully saturated rings. The molecule has 6 heteroatoms. The molecule has 4 N–H and O–H groups in total. The Morgan fingerprint density at radius 1 is 0.846 bits per heavy atom. The molecular formula is C20H28N2O4. The third-order valence-electron chi connectivity index (χ3n) is 4.23. The second-order valence-corrected chi connectivity index (χ2v) is 6.22. The summed E-state index contributed by atoms with van der Waals surface area (Å²) in [4.78, 5) is 2.26. The quantitative estimate of drug-likeness (QED) is 0.565. The first-order valence-corrected chi connectivity index (χ1v) is 8.71. The van der Waals surface area contributed by atoms with Crippen LogP contribution >= 0.6 is 0 Å². The van der Waals surface area contributed by atoms with E-state index >= 15 is 0 Å². The van der Waals surface area contributed by atoms with Crippen LogP contribution in [0.2, 0.25) is 0 Å². The van der Waals surface area contributed by atoms with Gasteiger partial charge in [-0.15, -0.1) is 0 Å². The lowest BCUT2D eigenvalue weighted by Crippen LogP contribution is -2.24. The molecule has 2 rings (SSSR count). The van der Waals surface area contributed by atoms with Crippen LogP contribution in [0.3, 0.4) is 0 Å². The summed E-state index contributed by atoms with van der Waals surface area (Å²) in [5.74, 6) is 1.19. The van der Waals surface area contributed by atoms with E-state index in [2.05, 4.69) is 4.90 Å². The fourth-order valence-corrected chi connectivity index (χ4v) is 2.88. The normalized spacial score (nSPS) is 10.9. The van der Waals surface area contributed by atoms with Gasteiger partial charge in [-0.1, -0.05) is 12.1 Å². The number of hydrogen-bond acceptors (Lipinski definition) is 6. The van der Waals surface area contributed by atoms with Crippen LogP contribution < -0.4 is 15.2 Å². The van der Waals surface area contributed by atoms with Crippen LogP contribution in [0, 0.1) is 0 Å². The predicted molar refractivity (Wildman–Crippen MR) is 102 cm³/mol. The van der Waals surface area contributed by atoms with Gasteiger partial charge in [-0.3, -0.25) is 4.90 Å². The van der Waals surface area contributed by atoms with E-state index in [4.69, 9.17) is 15.2 Å². The first-order valence-electron chi connectivity index (χ1n) is 8.71. The highest BCUT2D eigenvalue weighted by atomic mass is 16.5. The molecule has 26 heavy (non-hydrogen) atoms. The van der Waals surface area contributed by atoms with Crippen molar-refractivity contribution in [2.75, 3.05) is 27.3 Å². The van der Waals surface area contributed by atoms with Crippen molar-refractivity contribution >= 4 is 0 Å². The Bertz CT molecular complexity index is 651. The summed E-state index contributed by atoms with van der Waals surface area (Å²) in [5, 5.41) is 20.0. The van der Waals surface area contributed by atoms with Gasteiger partial charge in [0.25, 0.3) is 0 Å². The zero-order valence-electron chi connectivity index (χ0n) is 15.4. The van der Waals surface area contributed by atoms with E-state index in [1.54, 1.807) is 24.3 Å². The largest absolute Gasteiger partial charge is 0.504 e. The van der Waals surface area contributed by atoms with E-state index in [1.807, 2.05) is 12.1 Å². The lowest BCUT2D eigenvalue weighted by atomic mass is 10.1. The van der Waals surface area contributed by atoms with Crippen LogP contribution in [0.15, 0.2) is 36.4 Å². The number of methoxy groups -OCH3 is 2. The summed E-state index contributed by atoms with van der Waals surface area (Å²) in [6.07, 6.45) is 1.94. The zero-order valence-corrected chi connectivity index (χ0v) is 15.4. The fourth-order valence-electron chi connectivity index (χ4n) is 2.88. The molecule has 6 nitrogen and oxygen atoms in total. The van der Waals surface area contributed by atoms with Crippen LogP contribution in [-0.2, 0) is 13.1 Å². The maximum absolute atomic E-state index is 10.00. The first kappa shape index (κ1) is 19.9. The molecule has 0 atom stereocenters. The highest BCUT2D eigenvalue weighted by Gasteiger charge is 2.11. The minimum Gasteiger partial charge on any atom is -0.504 e. The van der Waals surface area contributed by atoms with Crippen LogP contribution in [0.25, 0.3) is 0 Å². The minimum absolute atomic E-state index is 0.133. The Labute approximate surface area is 154 Å². The molecule has 0 saturated carbocycles. The van der Waals surface area contributed by atoms with Gasteiger partial charge in [-0.05, 0) is 61.3 Å². The monoisotopic (exact) mass is 360 g/mol. The molecule has 0 aromatic heterocycles. The Hall–Kier alpha value is -2.44. The number of phenols is 2. The Morgan fingerprint density at radius 3 is 1.73 bits per heavy atom. The Kier molecular flexibility index (Phi) is 7.56. The molecule has 142 valence electrons. The van der Waals surface area contributed by atoms with Gasteiger partial charge < -0.3 is 25.4 Å². The number of unbranched alkanes of at least 4 members (excludes halogenated alkanes) is 1. The predicted octanol–water partition coefficient (Wildman–Crippen LogP) is 2.86. The smallest absolute Gasteiger partial charge is 0.160 e. The lowest BCUT2D eigenvalue weighted by Gasteiger charge is -2.23. The molecule has 0 aliphatic rings. The van der Waals surface area contributed by atoms with Gasteiger partial charge in [0, 0.05) is 13.1 Å². The number of phenolic OH excluding ortho intramolecular Hbond substituents is 2. The summed E-state index contributed by atoms with van der Waals surface area (Å²) in [5.41, 5.74) is 7.60. The number of ether oxygens (including phenoxy) is 2. The average Bonchev–Trinajstić information content (AvgIpc) is 2.62. The van der Waals surface area contributed by atoms with E-state index < -0.39 is 0 Å². The summed E-state index contributed by atoms with van der Waals surface area (Å²) in [6, 6.07) is 10.9. The molecule has 0 unspecified atom stereocenters. The van der Waals surface area contributed by atoms with Crippen LogP contribution in [0.4, 0.5) is 0 Å². The molecule has 0 heterocycles. The van der Waals surface area contributed by atoms with Gasteiger partial charge >= 0.3 is 0 Å². The molecule has 0 aliphatic heterocycles. The SMILES string of the molecule is COc1ccc(CN(CCCCN)Cc2ccc(OC)c(O)c2)cc1O. The van der Waals surface area contributed by atoms with Crippen molar-refractivity contribution in [3.05, 3.63) is 47.5 Å². The summed E-state index contributed by atoms with van der Waals surface area (Å²) in [6.45, 7) is 2.89. The third-order valence-corrected chi connectivity index (χ3v) is 4.23. The molecule has 2 aromatic carbocycles. The highest BCUT2D eigenvalue weighted by Crippen LogP contribution is 2.29. The molecule has 0 spiro atoms. The van der Waals surface area contributed by atoms with Gasteiger partial charge in [0.1, 0.15) is 0 Å². The van der Waals surface area contributed by atoms with Gasteiger partial charge in [0.05, 0.1) is 14.2 Å². The van der Waals surface area contributed by atoms with Crippen molar-refractivity contribution in [1.29, 1.82) is 0 Å². The average molecular weight is 360 g/mol. The van der Waals surface area contributed by atoms with Crippen molar-refractivity contribution in [3.8, 4) is 23.0 Å². The van der Waals surface area contributed by atoms with E-state index in [-0.39, 0.29) is 11.5 Å². The highest BCUT2D eigenvalue weighted by molar-refractivity contribution is 5.42. The lowest BCUT2D eigenvalue weighted by molar-refractivity contribution is 0.250. The van der Waals surface area contributed by atoms with Gasteiger partial charge in [-0.25, -0.2) is 0 Å². The number of nitrogens with two attached hydrogens (primary N) is 1. The van der Waals surface area contributed by atoms with E-state index in [9.17, 15) is 10.2 Å². The molecule has 0 bridgehead atoms. The fraction of sp³-hybridized carbons (Fsp3) is 0.400. The molecular weight excluding hydrogens is 332 g/mol. The maximum Gasteiger partial charge on any atom is 0.160 e. The Morgan fingerprint density at radius 2 is 1.35 bits per heavy atom. The van der Waals surface area contributed by atoms with Gasteiger partial charge in [0.15, 0.2) is 23.0 Å². The number of hydrogen-bond donors (Lipinski definition) is 3.